The molecule has 6 heteroatoms. The molecule has 4 nitrogen and oxygen atoms in total. The number of aryl methyl sites for hydroxylation is 1. The summed E-state index contributed by atoms with van der Waals surface area (Å²) in [6.45, 7) is 3.83. The number of benzene rings is 1. The van der Waals surface area contributed by atoms with Gasteiger partial charge in [-0.3, -0.25) is 0 Å². The average molecular weight is 384 g/mol. The zero-order valence-electron chi connectivity index (χ0n) is 10.6. The minimum atomic E-state index is 0.323. The van der Waals surface area contributed by atoms with Crippen molar-refractivity contribution in [3.63, 3.8) is 0 Å². The van der Waals surface area contributed by atoms with Gasteiger partial charge in [0.15, 0.2) is 5.82 Å². The van der Waals surface area contributed by atoms with Crippen LogP contribution in [-0.2, 0) is 0 Å². The second kappa shape index (κ2) is 5.79. The molecular weight excluding hydrogens is 371 g/mol. The molecule has 0 aliphatic carbocycles. The first-order chi connectivity index (χ1) is 9.00. The number of nitrogens with two attached hydrogens (primary N) is 1. The molecule has 19 heavy (non-hydrogen) atoms. The predicted octanol–water partition coefficient (Wildman–Crippen LogP) is 3.08. The molecule has 0 fully saturated rings. The van der Waals surface area contributed by atoms with E-state index in [0.29, 0.717) is 10.8 Å². The Morgan fingerprint density at radius 3 is 2.58 bits per heavy atom. The van der Waals surface area contributed by atoms with Crippen LogP contribution in [0.2, 0.25) is 0 Å². The fourth-order valence-corrected chi connectivity index (χ4v) is 2.46. The van der Waals surface area contributed by atoms with Gasteiger partial charge in [-0.25, -0.2) is 0 Å². The van der Waals surface area contributed by atoms with Gasteiger partial charge in [0.05, 0.1) is 16.9 Å². The van der Waals surface area contributed by atoms with E-state index in [9.17, 15) is 0 Å². The normalized spacial score (nSPS) is 10.3. The molecule has 0 spiro atoms. The second-order valence-electron chi connectivity index (χ2n) is 4.10. The van der Waals surface area contributed by atoms with E-state index in [2.05, 4.69) is 38.1 Å². The van der Waals surface area contributed by atoms with Gasteiger partial charge in [0.2, 0.25) is 0 Å². The lowest BCUT2D eigenvalue weighted by Crippen LogP contribution is -2.17. The number of hydrogen-bond acceptors (Lipinski definition) is 4. The summed E-state index contributed by atoms with van der Waals surface area (Å²) in [4.78, 5) is 0.323. The standard InChI is InChI=1S/C13H13IN4S/c1-7-8(2)17-18-13(11(7)12(15)19)16-10-6-4-3-5-9(10)14/h3-6H,1-2H3,(H2,15,19)(H,16,18). The van der Waals surface area contributed by atoms with Gasteiger partial charge in [0.1, 0.15) is 4.99 Å². The van der Waals surface area contributed by atoms with Gasteiger partial charge in [-0.1, -0.05) is 24.4 Å². The maximum Gasteiger partial charge on any atom is 0.163 e. The first-order valence-electron chi connectivity index (χ1n) is 5.66. The molecule has 2 aromatic rings. The van der Waals surface area contributed by atoms with Crippen LogP contribution in [-0.4, -0.2) is 15.2 Å². The summed E-state index contributed by atoms with van der Waals surface area (Å²) in [5.74, 6) is 0.597. The van der Waals surface area contributed by atoms with Crippen molar-refractivity contribution >= 4 is 51.3 Å². The maximum atomic E-state index is 5.80. The van der Waals surface area contributed by atoms with Crippen molar-refractivity contribution in [2.75, 3.05) is 5.32 Å². The van der Waals surface area contributed by atoms with Crippen molar-refractivity contribution in [2.45, 2.75) is 13.8 Å². The molecule has 1 aromatic carbocycles. The summed E-state index contributed by atoms with van der Waals surface area (Å²) >= 11 is 7.37. The van der Waals surface area contributed by atoms with Gasteiger partial charge in [0.25, 0.3) is 0 Å². The number of rotatable bonds is 3. The topological polar surface area (TPSA) is 63.8 Å². The molecule has 0 aliphatic heterocycles. The number of aromatic nitrogens is 2. The molecular formula is C13H13IN4S. The van der Waals surface area contributed by atoms with Crippen molar-refractivity contribution in [1.82, 2.24) is 10.2 Å². The Morgan fingerprint density at radius 2 is 1.95 bits per heavy atom. The molecule has 1 aromatic heterocycles. The number of nitrogens with zero attached hydrogens (tertiary/aromatic N) is 2. The average Bonchev–Trinajstić information content (AvgIpc) is 2.36. The number of hydrogen-bond donors (Lipinski definition) is 2. The third kappa shape index (κ3) is 3.01. The zero-order valence-corrected chi connectivity index (χ0v) is 13.5. The van der Waals surface area contributed by atoms with Crippen LogP contribution in [0.3, 0.4) is 0 Å². The van der Waals surface area contributed by atoms with Crippen LogP contribution in [0.25, 0.3) is 0 Å². The Bertz CT molecular complexity index is 643. The van der Waals surface area contributed by atoms with Crippen molar-refractivity contribution in [3.05, 3.63) is 44.7 Å². The van der Waals surface area contributed by atoms with Crippen LogP contribution in [0.1, 0.15) is 16.8 Å². The van der Waals surface area contributed by atoms with E-state index in [-0.39, 0.29) is 0 Å². The van der Waals surface area contributed by atoms with Crippen LogP contribution in [0.5, 0.6) is 0 Å². The number of halogens is 1. The number of nitrogens with one attached hydrogen (secondary N) is 1. The van der Waals surface area contributed by atoms with Crippen molar-refractivity contribution < 1.29 is 0 Å². The summed E-state index contributed by atoms with van der Waals surface area (Å²) in [5, 5.41) is 11.5. The summed E-state index contributed by atoms with van der Waals surface area (Å²) in [6, 6.07) is 7.92. The largest absolute Gasteiger partial charge is 0.389 e. The monoisotopic (exact) mass is 384 g/mol. The Morgan fingerprint density at radius 1 is 1.26 bits per heavy atom. The van der Waals surface area contributed by atoms with Crippen molar-refractivity contribution in [2.24, 2.45) is 5.73 Å². The van der Waals surface area contributed by atoms with Crippen LogP contribution >= 0.6 is 34.8 Å². The minimum absolute atomic E-state index is 0.323. The Hall–Kier alpha value is -1.28. The van der Waals surface area contributed by atoms with Crippen LogP contribution in [0.15, 0.2) is 24.3 Å². The van der Waals surface area contributed by atoms with Gasteiger partial charge in [0, 0.05) is 3.57 Å². The molecule has 1 heterocycles. The van der Waals surface area contributed by atoms with Gasteiger partial charge in [-0.15, -0.1) is 5.10 Å². The fourth-order valence-electron chi connectivity index (χ4n) is 1.69. The van der Waals surface area contributed by atoms with Gasteiger partial charge < -0.3 is 11.1 Å². The quantitative estimate of drug-likeness (QED) is 0.629. The summed E-state index contributed by atoms with van der Waals surface area (Å²) in [6.07, 6.45) is 0. The van der Waals surface area contributed by atoms with E-state index in [1.165, 1.54) is 0 Å². The van der Waals surface area contributed by atoms with Crippen LogP contribution in [0, 0.1) is 17.4 Å². The summed E-state index contributed by atoms with van der Waals surface area (Å²) in [7, 11) is 0. The van der Waals surface area contributed by atoms with Gasteiger partial charge in [-0.05, 0) is 54.1 Å². The predicted molar refractivity (Wildman–Crippen MR) is 89.8 cm³/mol. The highest BCUT2D eigenvalue weighted by Crippen LogP contribution is 2.25. The molecule has 0 saturated carbocycles. The van der Waals surface area contributed by atoms with E-state index < -0.39 is 0 Å². The van der Waals surface area contributed by atoms with Crippen LogP contribution in [0.4, 0.5) is 11.5 Å². The lowest BCUT2D eigenvalue weighted by atomic mass is 10.1. The molecule has 98 valence electrons. The lowest BCUT2D eigenvalue weighted by molar-refractivity contribution is 0.963. The second-order valence-corrected chi connectivity index (χ2v) is 5.71. The fraction of sp³-hybridized carbons (Fsp3) is 0.154. The van der Waals surface area contributed by atoms with Crippen molar-refractivity contribution in [3.8, 4) is 0 Å². The smallest absolute Gasteiger partial charge is 0.163 e. The first kappa shape index (κ1) is 14.1. The van der Waals surface area contributed by atoms with Crippen molar-refractivity contribution in [1.29, 1.82) is 0 Å². The molecule has 2 rings (SSSR count). The highest BCUT2D eigenvalue weighted by atomic mass is 127. The highest BCUT2D eigenvalue weighted by Gasteiger charge is 2.14. The van der Waals surface area contributed by atoms with E-state index in [0.717, 1.165) is 26.1 Å². The molecule has 0 unspecified atom stereocenters. The SMILES string of the molecule is Cc1nnc(Nc2ccccc2I)c(C(N)=S)c1C. The van der Waals surface area contributed by atoms with E-state index >= 15 is 0 Å². The third-order valence-electron chi connectivity index (χ3n) is 2.83. The number of para-hydroxylation sites is 1. The Labute approximate surface area is 131 Å². The highest BCUT2D eigenvalue weighted by molar-refractivity contribution is 14.1. The molecule has 0 atom stereocenters. The van der Waals surface area contributed by atoms with Gasteiger partial charge >= 0.3 is 0 Å². The maximum absolute atomic E-state index is 5.80. The van der Waals surface area contributed by atoms with Gasteiger partial charge in [-0.2, -0.15) is 5.10 Å². The Balaban J connectivity index is 2.49. The van der Waals surface area contributed by atoms with E-state index in [1.807, 2.05) is 38.1 Å². The minimum Gasteiger partial charge on any atom is -0.389 e. The first-order valence-corrected chi connectivity index (χ1v) is 7.14. The molecule has 0 radical (unpaired) electrons. The van der Waals surface area contributed by atoms with E-state index in [1.54, 1.807) is 0 Å². The summed E-state index contributed by atoms with van der Waals surface area (Å²) < 4.78 is 1.09. The number of anilines is 2. The molecule has 0 saturated heterocycles. The molecule has 0 amide bonds. The Kier molecular flexibility index (Phi) is 4.31. The molecule has 3 N–H and O–H groups in total. The van der Waals surface area contributed by atoms with Crippen LogP contribution < -0.4 is 11.1 Å². The number of thiocarbonyl (C=S) groups is 1. The lowest BCUT2D eigenvalue weighted by Gasteiger charge is -2.14. The molecule has 0 aliphatic rings. The van der Waals surface area contributed by atoms with E-state index in [4.69, 9.17) is 18.0 Å². The summed E-state index contributed by atoms with van der Waals surface area (Å²) in [5.41, 5.74) is 9.29. The zero-order chi connectivity index (χ0) is 14.0. The molecule has 0 bridgehead atoms. The third-order valence-corrected chi connectivity index (χ3v) is 3.97.